The maximum absolute atomic E-state index is 2.43. The second-order valence-electron chi connectivity index (χ2n) is 5.33. The van der Waals surface area contributed by atoms with Gasteiger partial charge in [-0.1, -0.05) is 46.0 Å². The van der Waals surface area contributed by atoms with E-state index in [9.17, 15) is 0 Å². The van der Waals surface area contributed by atoms with Crippen LogP contribution < -0.4 is 0 Å². The Labute approximate surface area is 113 Å². The van der Waals surface area contributed by atoms with E-state index in [1.807, 2.05) is 0 Å². The fourth-order valence-electron chi connectivity index (χ4n) is 2.31. The van der Waals surface area contributed by atoms with Gasteiger partial charge in [0.1, 0.15) is 6.54 Å². The number of rotatable bonds is 10. The Morgan fingerprint density at radius 1 is 0.944 bits per heavy atom. The fraction of sp³-hybridized carbons (Fsp3) is 0.812. The first-order valence-corrected chi connectivity index (χ1v) is 7.88. The van der Waals surface area contributed by atoms with Crippen LogP contribution in [0, 0.1) is 0 Å². The molecule has 0 aromatic heterocycles. The van der Waals surface area contributed by atoms with Crippen molar-refractivity contribution in [1.29, 1.82) is 0 Å². The molecule has 0 unspecified atom stereocenters. The summed E-state index contributed by atoms with van der Waals surface area (Å²) in [4.78, 5) is 2.43. The highest BCUT2D eigenvalue weighted by molar-refractivity contribution is 5.55. The normalized spacial score (nSPS) is 15.0. The Morgan fingerprint density at radius 3 is 2.28 bits per heavy atom. The molecule has 104 valence electrons. The molecule has 0 aliphatic carbocycles. The summed E-state index contributed by atoms with van der Waals surface area (Å²) in [7, 11) is 0. The summed E-state index contributed by atoms with van der Waals surface area (Å²) in [6.45, 7) is 8.04. The average molecular weight is 251 g/mol. The van der Waals surface area contributed by atoms with E-state index in [1.54, 1.807) is 0 Å². The Bertz CT molecular complexity index is 256. The van der Waals surface area contributed by atoms with Gasteiger partial charge in [0, 0.05) is 13.0 Å². The highest BCUT2D eigenvalue weighted by Gasteiger charge is 2.09. The van der Waals surface area contributed by atoms with Gasteiger partial charge in [0.2, 0.25) is 0 Å². The van der Waals surface area contributed by atoms with Crippen LogP contribution in [0.25, 0.3) is 0 Å². The van der Waals surface area contributed by atoms with Crippen LogP contribution in [0.5, 0.6) is 0 Å². The Hall–Kier alpha value is -0.790. The minimum atomic E-state index is 1.09. The van der Waals surface area contributed by atoms with E-state index in [1.165, 1.54) is 64.5 Å². The predicted molar refractivity (Wildman–Crippen MR) is 80.2 cm³/mol. The van der Waals surface area contributed by atoms with Crippen molar-refractivity contribution in [1.82, 2.24) is 4.90 Å². The largest absolute Gasteiger partial charge is 0.363 e. The maximum atomic E-state index is 2.43. The van der Waals surface area contributed by atoms with Crippen LogP contribution in [0.3, 0.4) is 0 Å². The van der Waals surface area contributed by atoms with Crippen molar-refractivity contribution in [2.75, 3.05) is 19.6 Å². The average Bonchev–Trinajstić information content (AvgIpc) is 2.41. The first-order valence-electron chi connectivity index (χ1n) is 7.88. The molecule has 1 rings (SSSR count). The summed E-state index contributed by atoms with van der Waals surface area (Å²) in [6, 6.07) is 0. The molecule has 2 nitrogen and oxygen atoms in total. The van der Waals surface area contributed by atoms with Gasteiger partial charge in [-0.3, -0.25) is 0 Å². The second kappa shape index (κ2) is 10.2. The zero-order valence-electron chi connectivity index (χ0n) is 12.4. The molecule has 0 saturated heterocycles. The summed E-state index contributed by atoms with van der Waals surface area (Å²) >= 11 is 0. The van der Waals surface area contributed by atoms with E-state index in [-0.39, 0.29) is 0 Å². The van der Waals surface area contributed by atoms with Crippen molar-refractivity contribution in [2.45, 2.75) is 65.2 Å². The third kappa shape index (κ3) is 6.83. The van der Waals surface area contributed by atoms with E-state index < -0.39 is 0 Å². The molecule has 0 bridgehead atoms. The molecule has 1 aliphatic rings. The molecule has 0 atom stereocenters. The molecule has 18 heavy (non-hydrogen) atoms. The van der Waals surface area contributed by atoms with E-state index in [0.29, 0.717) is 0 Å². The molecule has 0 N–H and O–H groups in total. The smallest absolute Gasteiger partial charge is 0.184 e. The summed E-state index contributed by atoms with van der Waals surface area (Å²) < 4.78 is 2.36. The van der Waals surface area contributed by atoms with E-state index in [2.05, 4.69) is 41.9 Å². The van der Waals surface area contributed by atoms with Crippen LogP contribution in [0.1, 0.15) is 65.2 Å². The summed E-state index contributed by atoms with van der Waals surface area (Å²) in [5.74, 6) is 0. The predicted octanol–water partition coefficient (Wildman–Crippen LogP) is 4.02. The summed E-state index contributed by atoms with van der Waals surface area (Å²) in [6.07, 6.45) is 17.7. The van der Waals surface area contributed by atoms with Crippen molar-refractivity contribution in [3.8, 4) is 0 Å². The molecule has 0 spiro atoms. The van der Waals surface area contributed by atoms with Gasteiger partial charge in [0.15, 0.2) is 12.4 Å². The standard InChI is InChI=1S/C16H31N2/c1-3-5-7-9-11-17-13-15-18(16-14-17)12-10-8-6-4-2/h13-15H,3-12,16H2,1-2H3/q+1. The third-order valence-electron chi connectivity index (χ3n) is 3.59. The lowest BCUT2D eigenvalue weighted by Gasteiger charge is -2.19. The molecule has 0 fully saturated rings. The first kappa shape index (κ1) is 15.3. The first-order chi connectivity index (χ1) is 8.86. The van der Waals surface area contributed by atoms with Gasteiger partial charge in [-0.05, 0) is 12.8 Å². The number of unbranched alkanes of at least 4 members (excludes halogenated alkanes) is 6. The molecule has 0 amide bonds. The zero-order valence-corrected chi connectivity index (χ0v) is 12.4. The van der Waals surface area contributed by atoms with Crippen LogP contribution >= 0.6 is 0 Å². The third-order valence-corrected chi connectivity index (χ3v) is 3.59. The zero-order chi connectivity index (χ0) is 13.1. The van der Waals surface area contributed by atoms with Crippen molar-refractivity contribution in [2.24, 2.45) is 0 Å². The summed E-state index contributed by atoms with van der Waals surface area (Å²) in [5, 5.41) is 0. The SMILES string of the molecule is CCCCCCN1C=C[N+](CCCCCC)=CC1. The van der Waals surface area contributed by atoms with Gasteiger partial charge in [-0.15, -0.1) is 0 Å². The van der Waals surface area contributed by atoms with Crippen LogP contribution in [0.2, 0.25) is 0 Å². The topological polar surface area (TPSA) is 6.25 Å². The van der Waals surface area contributed by atoms with Gasteiger partial charge in [0.25, 0.3) is 0 Å². The minimum Gasteiger partial charge on any atom is -0.363 e. The lowest BCUT2D eigenvalue weighted by atomic mass is 10.2. The quantitative estimate of drug-likeness (QED) is 0.420. The van der Waals surface area contributed by atoms with Crippen LogP contribution in [-0.2, 0) is 0 Å². The monoisotopic (exact) mass is 251 g/mol. The highest BCUT2D eigenvalue weighted by Crippen LogP contribution is 2.04. The van der Waals surface area contributed by atoms with Crippen LogP contribution in [-0.4, -0.2) is 35.3 Å². The highest BCUT2D eigenvalue weighted by atomic mass is 15.2. The van der Waals surface area contributed by atoms with Crippen molar-refractivity contribution >= 4 is 6.21 Å². The Morgan fingerprint density at radius 2 is 1.67 bits per heavy atom. The van der Waals surface area contributed by atoms with Crippen molar-refractivity contribution < 1.29 is 4.58 Å². The molecule has 0 aromatic rings. The van der Waals surface area contributed by atoms with Crippen molar-refractivity contribution in [3.63, 3.8) is 0 Å². The molecule has 1 aliphatic heterocycles. The van der Waals surface area contributed by atoms with E-state index >= 15 is 0 Å². The van der Waals surface area contributed by atoms with Gasteiger partial charge >= 0.3 is 0 Å². The Balaban J connectivity index is 2.07. The van der Waals surface area contributed by atoms with E-state index in [4.69, 9.17) is 0 Å². The number of nitrogens with zero attached hydrogens (tertiary/aromatic N) is 2. The van der Waals surface area contributed by atoms with Crippen LogP contribution in [0.15, 0.2) is 12.4 Å². The van der Waals surface area contributed by atoms with Crippen LogP contribution in [0.4, 0.5) is 0 Å². The molecule has 2 heteroatoms. The lowest BCUT2D eigenvalue weighted by Crippen LogP contribution is -2.28. The molecular formula is C16H31N2+. The molecule has 0 radical (unpaired) electrons. The minimum absolute atomic E-state index is 1.09. The van der Waals surface area contributed by atoms with Gasteiger partial charge < -0.3 is 4.90 Å². The van der Waals surface area contributed by atoms with Gasteiger partial charge in [-0.25, -0.2) is 4.58 Å². The number of hydrogen-bond acceptors (Lipinski definition) is 1. The number of hydrogen-bond donors (Lipinski definition) is 0. The maximum Gasteiger partial charge on any atom is 0.184 e. The molecular weight excluding hydrogens is 220 g/mol. The molecule has 0 aromatic carbocycles. The Kier molecular flexibility index (Phi) is 8.62. The van der Waals surface area contributed by atoms with Gasteiger partial charge in [-0.2, -0.15) is 0 Å². The second-order valence-corrected chi connectivity index (χ2v) is 5.33. The molecule has 0 saturated carbocycles. The van der Waals surface area contributed by atoms with Gasteiger partial charge in [0.05, 0.1) is 12.7 Å². The fourth-order valence-corrected chi connectivity index (χ4v) is 2.31. The van der Waals surface area contributed by atoms with E-state index in [0.717, 1.165) is 6.54 Å². The van der Waals surface area contributed by atoms with Crippen molar-refractivity contribution in [3.05, 3.63) is 12.4 Å². The lowest BCUT2D eigenvalue weighted by molar-refractivity contribution is -0.457. The summed E-state index contributed by atoms with van der Waals surface area (Å²) in [5.41, 5.74) is 0. The molecule has 1 heterocycles.